The van der Waals surface area contributed by atoms with Gasteiger partial charge >= 0.3 is 0 Å². The van der Waals surface area contributed by atoms with Gasteiger partial charge in [0.25, 0.3) is 5.91 Å². The predicted molar refractivity (Wildman–Crippen MR) is 120 cm³/mol. The molecule has 1 atom stereocenters. The maximum atomic E-state index is 13.5. The number of hydrogen-bond donors (Lipinski definition) is 0. The molecule has 3 rings (SSSR count). The Kier molecular flexibility index (Phi) is 7.45. The van der Waals surface area contributed by atoms with Crippen molar-refractivity contribution in [2.24, 2.45) is 4.99 Å². The second kappa shape index (κ2) is 10.0. The van der Waals surface area contributed by atoms with Crippen molar-refractivity contribution in [3.05, 3.63) is 41.6 Å². The predicted octanol–water partition coefficient (Wildman–Crippen LogP) is 2.59. The molecular formula is C23H35N5O. The van der Waals surface area contributed by atoms with Crippen LogP contribution in [0.4, 0.5) is 5.69 Å². The summed E-state index contributed by atoms with van der Waals surface area (Å²) in [6, 6.07) is 8.40. The molecule has 0 saturated heterocycles. The minimum Gasteiger partial charge on any atom is -0.355 e. The molecule has 6 nitrogen and oxygen atoms in total. The molecule has 2 aliphatic heterocycles. The van der Waals surface area contributed by atoms with Gasteiger partial charge in [-0.1, -0.05) is 24.3 Å². The zero-order chi connectivity index (χ0) is 20.8. The lowest BCUT2D eigenvalue weighted by atomic mass is 10.1. The summed E-state index contributed by atoms with van der Waals surface area (Å²) in [6.45, 7) is 4.31. The van der Waals surface area contributed by atoms with Crippen LogP contribution >= 0.6 is 0 Å². The first kappa shape index (κ1) is 21.5. The monoisotopic (exact) mass is 397 g/mol. The minimum atomic E-state index is 0.165. The average molecular weight is 398 g/mol. The molecule has 0 bridgehead atoms. The molecule has 6 heteroatoms. The zero-order valence-electron chi connectivity index (χ0n) is 18.3. The molecule has 1 unspecified atom stereocenters. The van der Waals surface area contributed by atoms with Crippen LogP contribution < -0.4 is 0 Å². The van der Waals surface area contributed by atoms with Gasteiger partial charge in [-0.05, 0) is 72.2 Å². The maximum Gasteiger partial charge on any atom is 0.269 e. The van der Waals surface area contributed by atoms with Crippen molar-refractivity contribution in [3.8, 4) is 0 Å². The molecule has 29 heavy (non-hydrogen) atoms. The number of carbonyl (C=O) groups excluding carboxylic acids is 1. The Hall–Kier alpha value is -2.18. The summed E-state index contributed by atoms with van der Waals surface area (Å²) < 4.78 is 0. The molecule has 0 radical (unpaired) electrons. The van der Waals surface area contributed by atoms with E-state index in [1.807, 2.05) is 24.4 Å². The lowest BCUT2D eigenvalue weighted by Crippen LogP contribution is -2.41. The summed E-state index contributed by atoms with van der Waals surface area (Å²) >= 11 is 0. The van der Waals surface area contributed by atoms with Crippen LogP contribution in [-0.2, 0) is 11.3 Å². The van der Waals surface area contributed by atoms with Crippen molar-refractivity contribution in [3.63, 3.8) is 0 Å². The van der Waals surface area contributed by atoms with Gasteiger partial charge in [-0.15, -0.1) is 0 Å². The third-order valence-electron chi connectivity index (χ3n) is 5.55. The van der Waals surface area contributed by atoms with Gasteiger partial charge in [0.05, 0.1) is 17.4 Å². The molecule has 0 N–H and O–H groups in total. The van der Waals surface area contributed by atoms with E-state index in [2.05, 4.69) is 64.9 Å². The molecule has 0 aliphatic carbocycles. The number of fused-ring (bicyclic) bond motifs is 2. The third-order valence-corrected chi connectivity index (χ3v) is 5.55. The summed E-state index contributed by atoms with van der Waals surface area (Å²) in [6.07, 6.45) is 6.94. The Labute approximate surface area is 175 Å². The number of nitrogens with zero attached hydrogens (tertiary/aromatic N) is 5. The maximum absolute atomic E-state index is 13.5. The molecule has 1 aromatic rings. The molecule has 0 fully saturated rings. The normalized spacial score (nSPS) is 17.9. The van der Waals surface area contributed by atoms with Crippen molar-refractivity contribution in [2.75, 3.05) is 54.4 Å². The fourth-order valence-electron chi connectivity index (χ4n) is 3.96. The van der Waals surface area contributed by atoms with Crippen molar-refractivity contribution in [1.29, 1.82) is 0 Å². The molecule has 0 aromatic heterocycles. The van der Waals surface area contributed by atoms with Crippen molar-refractivity contribution < 1.29 is 4.79 Å². The van der Waals surface area contributed by atoms with Gasteiger partial charge in [0, 0.05) is 25.8 Å². The highest BCUT2D eigenvalue weighted by atomic mass is 16.2. The fourth-order valence-corrected chi connectivity index (χ4v) is 3.96. The number of aliphatic imine (C=N–C) groups is 1. The third kappa shape index (κ3) is 5.67. The molecule has 0 spiro atoms. The topological polar surface area (TPSA) is 42.4 Å². The highest BCUT2D eigenvalue weighted by molar-refractivity contribution is 5.94. The number of carbonyl (C=O) groups is 1. The van der Waals surface area contributed by atoms with E-state index < -0.39 is 0 Å². The number of amides is 1. The summed E-state index contributed by atoms with van der Waals surface area (Å²) in [7, 11) is 8.32. The summed E-state index contributed by atoms with van der Waals surface area (Å²) in [5, 5.41) is 0. The van der Waals surface area contributed by atoms with E-state index in [1.54, 1.807) is 0 Å². The van der Waals surface area contributed by atoms with Crippen LogP contribution in [0.25, 0.3) is 0 Å². The van der Waals surface area contributed by atoms with Gasteiger partial charge in [0.15, 0.2) is 0 Å². The number of rotatable bonds is 9. The van der Waals surface area contributed by atoms with Gasteiger partial charge in [-0.3, -0.25) is 9.79 Å². The first-order chi connectivity index (χ1) is 14.0. The van der Waals surface area contributed by atoms with E-state index in [0.29, 0.717) is 0 Å². The second-order valence-corrected chi connectivity index (χ2v) is 8.53. The van der Waals surface area contributed by atoms with Crippen LogP contribution in [0, 0.1) is 0 Å². The fraction of sp³-hybridized carbons (Fsp3) is 0.565. The van der Waals surface area contributed by atoms with Crippen molar-refractivity contribution >= 4 is 17.8 Å². The molecule has 2 heterocycles. The van der Waals surface area contributed by atoms with E-state index in [9.17, 15) is 4.79 Å². The summed E-state index contributed by atoms with van der Waals surface area (Å²) in [5.74, 6) is 0.165. The Bertz CT molecular complexity index is 741. The SMILES string of the molecule is CN(C)CCCN(CCCN(C)C)C(=O)C1=CCC2C=Nc3ccccc3CN12. The summed E-state index contributed by atoms with van der Waals surface area (Å²) in [4.78, 5) is 26.8. The highest BCUT2D eigenvalue weighted by Crippen LogP contribution is 2.31. The van der Waals surface area contributed by atoms with E-state index >= 15 is 0 Å². The Morgan fingerprint density at radius 2 is 1.69 bits per heavy atom. The van der Waals surface area contributed by atoms with E-state index in [0.717, 1.165) is 63.4 Å². The quantitative estimate of drug-likeness (QED) is 0.642. The van der Waals surface area contributed by atoms with Gasteiger partial charge in [0.1, 0.15) is 0 Å². The number of para-hydroxylation sites is 1. The zero-order valence-corrected chi connectivity index (χ0v) is 18.3. The van der Waals surface area contributed by atoms with Crippen LogP contribution in [0.3, 0.4) is 0 Å². The lowest BCUT2D eigenvalue weighted by Gasteiger charge is -2.31. The van der Waals surface area contributed by atoms with E-state index in [4.69, 9.17) is 0 Å². The smallest absolute Gasteiger partial charge is 0.269 e. The van der Waals surface area contributed by atoms with Gasteiger partial charge in [-0.25, -0.2) is 0 Å². The minimum absolute atomic E-state index is 0.165. The molecule has 0 saturated carbocycles. The van der Waals surface area contributed by atoms with Crippen molar-refractivity contribution in [2.45, 2.75) is 31.8 Å². The van der Waals surface area contributed by atoms with E-state index in [1.165, 1.54) is 5.56 Å². The molecular weight excluding hydrogens is 362 g/mol. The number of hydrogen-bond acceptors (Lipinski definition) is 5. The standard InChI is InChI=1S/C23H35N5O/c1-25(2)13-7-15-27(16-8-14-26(3)4)23(29)22-12-11-20-17-24-21-10-6-5-9-19(21)18-28(20)22/h5-6,9-10,12,17,20H,7-8,11,13-16,18H2,1-4H3. The first-order valence-electron chi connectivity index (χ1n) is 10.6. The van der Waals surface area contributed by atoms with Crippen LogP contribution in [0.2, 0.25) is 0 Å². The van der Waals surface area contributed by atoms with Crippen LogP contribution in [0.15, 0.2) is 41.0 Å². The van der Waals surface area contributed by atoms with Crippen LogP contribution in [0.1, 0.15) is 24.8 Å². The van der Waals surface area contributed by atoms with Crippen molar-refractivity contribution in [1.82, 2.24) is 19.6 Å². The van der Waals surface area contributed by atoms with Gasteiger partial charge < -0.3 is 19.6 Å². The molecule has 158 valence electrons. The highest BCUT2D eigenvalue weighted by Gasteiger charge is 2.33. The lowest BCUT2D eigenvalue weighted by molar-refractivity contribution is -0.129. The Morgan fingerprint density at radius 1 is 1.03 bits per heavy atom. The molecule has 2 aliphatic rings. The van der Waals surface area contributed by atoms with Crippen LogP contribution in [0.5, 0.6) is 0 Å². The molecule has 1 amide bonds. The Balaban J connectivity index is 1.71. The molecule has 1 aromatic carbocycles. The average Bonchev–Trinajstić information content (AvgIpc) is 2.98. The van der Waals surface area contributed by atoms with E-state index in [-0.39, 0.29) is 11.9 Å². The van der Waals surface area contributed by atoms with Gasteiger partial charge in [-0.2, -0.15) is 0 Å². The Morgan fingerprint density at radius 3 is 2.34 bits per heavy atom. The first-order valence-corrected chi connectivity index (χ1v) is 10.6. The van der Waals surface area contributed by atoms with Gasteiger partial charge in [0.2, 0.25) is 0 Å². The number of benzene rings is 1. The summed E-state index contributed by atoms with van der Waals surface area (Å²) in [5.41, 5.74) is 3.04. The second-order valence-electron chi connectivity index (χ2n) is 8.53. The largest absolute Gasteiger partial charge is 0.355 e. The van der Waals surface area contributed by atoms with Crippen LogP contribution in [-0.4, -0.2) is 92.1 Å².